The van der Waals surface area contributed by atoms with Crippen LogP contribution in [0.15, 0.2) is 0 Å². The van der Waals surface area contributed by atoms with E-state index in [1.165, 1.54) is 0 Å². The van der Waals surface area contributed by atoms with E-state index in [2.05, 4.69) is 0 Å². The summed E-state index contributed by atoms with van der Waals surface area (Å²) >= 11 is 0. The van der Waals surface area contributed by atoms with Crippen LogP contribution in [0.25, 0.3) is 0 Å². The molecule has 0 radical (unpaired) electrons. The molecular weight excluding hydrogens is 222 g/mol. The van der Waals surface area contributed by atoms with Crippen LogP contribution in [0.4, 0.5) is 0 Å². The Bertz CT molecular complexity index is 310. The third-order valence-electron chi connectivity index (χ3n) is 3.12. The van der Waals surface area contributed by atoms with E-state index in [0.29, 0.717) is 12.3 Å². The summed E-state index contributed by atoms with van der Waals surface area (Å²) in [6, 6.07) is 0. The monoisotopic (exact) mass is 241 g/mol. The van der Waals surface area contributed by atoms with Gasteiger partial charge in [-0.05, 0) is 19.8 Å². The van der Waals surface area contributed by atoms with Gasteiger partial charge in [0, 0.05) is 18.6 Å². The van der Waals surface area contributed by atoms with Gasteiger partial charge in [-0.2, -0.15) is 0 Å². The summed E-state index contributed by atoms with van der Waals surface area (Å²) < 4.78 is 16.5. The fourth-order valence-corrected chi connectivity index (χ4v) is 2.33. The molecule has 1 aliphatic carbocycles. The zero-order valence-electron chi connectivity index (χ0n) is 10.2. The molecule has 1 spiro atoms. The lowest BCUT2D eigenvalue weighted by Gasteiger charge is -2.21. The summed E-state index contributed by atoms with van der Waals surface area (Å²) in [6.07, 6.45) is 4.06. The first kappa shape index (κ1) is 12.5. The maximum Gasteiger partial charge on any atom is 0.311 e. The fraction of sp³-hybridized carbons (Fsp3) is 0.833. The van der Waals surface area contributed by atoms with E-state index in [9.17, 15) is 4.79 Å². The van der Waals surface area contributed by atoms with Crippen molar-refractivity contribution >= 4 is 11.7 Å². The molecule has 17 heavy (non-hydrogen) atoms. The highest BCUT2D eigenvalue weighted by Gasteiger charge is 2.43. The number of hydrogen-bond acceptors (Lipinski definition) is 5. The molecule has 1 unspecified atom stereocenters. The Morgan fingerprint density at radius 1 is 1.47 bits per heavy atom. The first-order valence-corrected chi connectivity index (χ1v) is 6.11. The molecule has 5 heteroatoms. The van der Waals surface area contributed by atoms with Crippen molar-refractivity contribution < 1.29 is 19.0 Å². The number of carbonyl (C=O) groups is 1. The van der Waals surface area contributed by atoms with Gasteiger partial charge >= 0.3 is 5.97 Å². The van der Waals surface area contributed by atoms with Crippen LogP contribution in [0.2, 0.25) is 0 Å². The third-order valence-corrected chi connectivity index (χ3v) is 3.12. The van der Waals surface area contributed by atoms with E-state index in [1.54, 1.807) is 6.92 Å². The quantitative estimate of drug-likeness (QED) is 0.600. The molecule has 96 valence electrons. The van der Waals surface area contributed by atoms with Gasteiger partial charge in [0.1, 0.15) is 12.7 Å². The number of hydrogen-bond donors (Lipinski definition) is 1. The molecular formula is C12H19NO4. The zero-order valence-corrected chi connectivity index (χ0v) is 10.2. The van der Waals surface area contributed by atoms with Gasteiger partial charge in [0.15, 0.2) is 5.79 Å². The number of carbonyl (C=O) groups excluding carboxylic acids is 1. The Kier molecular flexibility index (Phi) is 3.79. The Labute approximate surface area is 101 Å². The molecule has 1 heterocycles. The summed E-state index contributed by atoms with van der Waals surface area (Å²) in [7, 11) is 0. The van der Waals surface area contributed by atoms with Crippen molar-refractivity contribution in [1.82, 2.24) is 0 Å². The molecule has 0 aromatic heterocycles. The molecule has 1 saturated carbocycles. The summed E-state index contributed by atoms with van der Waals surface area (Å²) in [5, 5.41) is 7.19. The number of rotatable bonds is 4. The summed E-state index contributed by atoms with van der Waals surface area (Å²) in [6.45, 7) is 2.31. The van der Waals surface area contributed by atoms with Gasteiger partial charge in [-0.15, -0.1) is 0 Å². The van der Waals surface area contributed by atoms with Crippen LogP contribution in [-0.2, 0) is 19.0 Å². The molecule has 0 aromatic carbocycles. The van der Waals surface area contributed by atoms with Crippen LogP contribution in [0.5, 0.6) is 0 Å². The van der Waals surface area contributed by atoms with Gasteiger partial charge in [-0.1, -0.05) is 0 Å². The molecule has 2 rings (SSSR count). The second-order valence-electron chi connectivity index (χ2n) is 4.81. The average molecular weight is 241 g/mol. The normalized spacial score (nSPS) is 26.3. The summed E-state index contributed by atoms with van der Waals surface area (Å²) in [5.41, 5.74) is 0.311. The van der Waals surface area contributed by atoms with Crippen molar-refractivity contribution in [2.24, 2.45) is 0 Å². The van der Waals surface area contributed by atoms with E-state index >= 15 is 0 Å². The maximum absolute atomic E-state index is 11.3. The van der Waals surface area contributed by atoms with Crippen LogP contribution in [0.1, 0.15) is 39.0 Å². The average Bonchev–Trinajstić information content (AvgIpc) is 2.86. The Hall–Kier alpha value is -0.940. The van der Waals surface area contributed by atoms with Gasteiger partial charge in [0.2, 0.25) is 0 Å². The van der Waals surface area contributed by atoms with Crippen LogP contribution < -0.4 is 0 Å². The van der Waals surface area contributed by atoms with Crippen LogP contribution in [-0.4, -0.2) is 36.8 Å². The first-order valence-electron chi connectivity index (χ1n) is 6.11. The molecule has 5 nitrogen and oxygen atoms in total. The number of ether oxygens (including phenoxy) is 3. The van der Waals surface area contributed by atoms with Crippen LogP contribution in [0, 0.1) is 5.41 Å². The maximum atomic E-state index is 11.3. The Morgan fingerprint density at radius 3 is 2.82 bits per heavy atom. The molecule has 1 aliphatic heterocycles. The number of nitrogens with one attached hydrogen (secondary N) is 1. The Morgan fingerprint density at radius 2 is 2.18 bits per heavy atom. The van der Waals surface area contributed by atoms with Crippen molar-refractivity contribution in [1.29, 1.82) is 5.41 Å². The standard InChI is InChI=1S/C12H19NO4/c1-9(13)6-11(14)15-7-10-8-16-12(17-10)4-2-3-5-12/h10,13H,2-8H2,1H3. The van der Waals surface area contributed by atoms with Crippen molar-refractivity contribution in [3.05, 3.63) is 0 Å². The summed E-state index contributed by atoms with van der Waals surface area (Å²) in [5.74, 6) is -0.761. The highest BCUT2D eigenvalue weighted by Crippen LogP contribution is 2.39. The van der Waals surface area contributed by atoms with Gasteiger partial charge in [-0.3, -0.25) is 4.79 Å². The third kappa shape index (κ3) is 3.26. The molecule has 0 aromatic rings. The van der Waals surface area contributed by atoms with E-state index in [-0.39, 0.29) is 25.1 Å². The lowest BCUT2D eigenvalue weighted by molar-refractivity contribution is -0.171. The largest absolute Gasteiger partial charge is 0.463 e. The Balaban J connectivity index is 1.71. The molecule has 1 saturated heterocycles. The van der Waals surface area contributed by atoms with Gasteiger partial charge in [0.05, 0.1) is 13.0 Å². The smallest absolute Gasteiger partial charge is 0.311 e. The number of esters is 1. The fourth-order valence-electron chi connectivity index (χ4n) is 2.33. The van der Waals surface area contributed by atoms with Crippen LogP contribution in [0.3, 0.4) is 0 Å². The molecule has 0 amide bonds. The van der Waals surface area contributed by atoms with Crippen molar-refractivity contribution in [3.63, 3.8) is 0 Å². The minimum Gasteiger partial charge on any atom is -0.463 e. The molecule has 0 bridgehead atoms. The SMILES string of the molecule is CC(=N)CC(=O)OCC1COC2(CCCC2)O1. The van der Waals surface area contributed by atoms with Gasteiger partial charge in [-0.25, -0.2) is 0 Å². The molecule has 1 N–H and O–H groups in total. The van der Waals surface area contributed by atoms with Crippen LogP contribution >= 0.6 is 0 Å². The topological polar surface area (TPSA) is 68.6 Å². The minimum atomic E-state index is -0.394. The minimum absolute atomic E-state index is 0.0543. The van der Waals surface area contributed by atoms with Crippen molar-refractivity contribution in [2.45, 2.75) is 50.9 Å². The van der Waals surface area contributed by atoms with E-state index in [1.807, 2.05) is 0 Å². The first-order chi connectivity index (χ1) is 8.10. The van der Waals surface area contributed by atoms with E-state index in [0.717, 1.165) is 25.7 Å². The van der Waals surface area contributed by atoms with Gasteiger partial charge < -0.3 is 19.6 Å². The molecule has 1 atom stereocenters. The van der Waals surface area contributed by atoms with Crippen molar-refractivity contribution in [2.75, 3.05) is 13.2 Å². The highest BCUT2D eigenvalue weighted by atomic mass is 16.8. The second kappa shape index (κ2) is 5.14. The summed E-state index contributed by atoms with van der Waals surface area (Å²) in [4.78, 5) is 11.3. The van der Waals surface area contributed by atoms with Gasteiger partial charge in [0.25, 0.3) is 0 Å². The van der Waals surface area contributed by atoms with Crippen molar-refractivity contribution in [3.8, 4) is 0 Å². The molecule has 2 aliphatic rings. The lowest BCUT2D eigenvalue weighted by atomic mass is 10.2. The zero-order chi connectivity index (χ0) is 12.3. The lowest BCUT2D eigenvalue weighted by Crippen LogP contribution is -2.28. The highest BCUT2D eigenvalue weighted by molar-refractivity contribution is 5.95. The molecule has 2 fully saturated rings. The predicted octanol–water partition coefficient (Wildman–Crippen LogP) is 1.65. The predicted molar refractivity (Wildman–Crippen MR) is 61.0 cm³/mol. The van der Waals surface area contributed by atoms with E-state index < -0.39 is 5.79 Å². The second-order valence-corrected chi connectivity index (χ2v) is 4.81. The van der Waals surface area contributed by atoms with E-state index in [4.69, 9.17) is 19.6 Å².